The summed E-state index contributed by atoms with van der Waals surface area (Å²) in [5.74, 6) is 0. The minimum absolute atomic E-state index is 0.249. The molecule has 0 radical (unpaired) electrons. The van der Waals surface area contributed by atoms with Crippen molar-refractivity contribution >= 4 is 46.5 Å². The summed E-state index contributed by atoms with van der Waals surface area (Å²) in [5.41, 5.74) is 2.66. The second kappa shape index (κ2) is 10.7. The Morgan fingerprint density at radius 2 is 1.90 bits per heavy atom. The lowest BCUT2D eigenvalue weighted by Gasteiger charge is -2.24. The Kier molecular flexibility index (Phi) is 8.05. The molecular weight excluding hydrogens is 445 g/mol. The molecule has 1 N–H and O–H groups in total. The van der Waals surface area contributed by atoms with E-state index in [1.807, 2.05) is 42.6 Å². The fraction of sp³-hybridized carbons (Fsp3) is 0.227. The van der Waals surface area contributed by atoms with Crippen LogP contribution in [0.3, 0.4) is 0 Å². The van der Waals surface area contributed by atoms with Crippen LogP contribution in [0.25, 0.3) is 0 Å². The highest BCUT2D eigenvalue weighted by molar-refractivity contribution is 6.42. The van der Waals surface area contributed by atoms with E-state index in [2.05, 4.69) is 9.88 Å². The van der Waals surface area contributed by atoms with E-state index in [0.717, 1.165) is 11.3 Å². The van der Waals surface area contributed by atoms with Crippen LogP contribution in [0.1, 0.15) is 11.3 Å². The first kappa shape index (κ1) is 22.5. The van der Waals surface area contributed by atoms with Crippen LogP contribution in [0.4, 0.5) is 10.5 Å². The normalized spacial score (nSPS) is 10.8. The van der Waals surface area contributed by atoms with Crippen molar-refractivity contribution < 1.29 is 9.53 Å². The van der Waals surface area contributed by atoms with Crippen molar-refractivity contribution in [2.45, 2.75) is 13.1 Å². The predicted molar refractivity (Wildman–Crippen MR) is 123 cm³/mol. The Morgan fingerprint density at radius 3 is 2.63 bits per heavy atom. The molecule has 0 saturated heterocycles. The second-order valence-electron chi connectivity index (χ2n) is 6.73. The number of amides is 2. The number of hydrogen-bond acceptors (Lipinski definition) is 2. The van der Waals surface area contributed by atoms with Gasteiger partial charge in [0.25, 0.3) is 0 Å². The predicted octanol–water partition coefficient (Wildman–Crippen LogP) is 6.18. The van der Waals surface area contributed by atoms with Crippen molar-refractivity contribution in [3.8, 4) is 0 Å². The zero-order chi connectivity index (χ0) is 21.5. The summed E-state index contributed by atoms with van der Waals surface area (Å²) >= 11 is 18.1. The maximum Gasteiger partial charge on any atom is 0.322 e. The van der Waals surface area contributed by atoms with E-state index in [0.29, 0.717) is 47.0 Å². The third kappa shape index (κ3) is 6.16. The van der Waals surface area contributed by atoms with Gasteiger partial charge in [0.1, 0.15) is 0 Å². The van der Waals surface area contributed by atoms with Gasteiger partial charge in [0, 0.05) is 42.8 Å². The molecule has 0 aliphatic heterocycles. The Labute approximate surface area is 191 Å². The van der Waals surface area contributed by atoms with Gasteiger partial charge in [-0.1, -0.05) is 46.9 Å². The third-order valence-electron chi connectivity index (χ3n) is 4.54. The molecular formula is C22H22Cl3N3O2. The average Bonchev–Trinajstić information content (AvgIpc) is 3.14. The summed E-state index contributed by atoms with van der Waals surface area (Å²) in [7, 11) is 1.61. The van der Waals surface area contributed by atoms with Crippen molar-refractivity contribution in [2.24, 2.45) is 0 Å². The Morgan fingerprint density at radius 1 is 1.07 bits per heavy atom. The van der Waals surface area contributed by atoms with E-state index >= 15 is 0 Å². The van der Waals surface area contributed by atoms with Crippen LogP contribution in [-0.2, 0) is 17.8 Å². The summed E-state index contributed by atoms with van der Waals surface area (Å²) in [4.78, 5) is 14.6. The number of urea groups is 1. The highest BCUT2D eigenvalue weighted by Gasteiger charge is 2.16. The van der Waals surface area contributed by atoms with E-state index < -0.39 is 0 Å². The van der Waals surface area contributed by atoms with Crippen molar-refractivity contribution in [2.75, 3.05) is 25.6 Å². The summed E-state index contributed by atoms with van der Waals surface area (Å²) in [6.45, 7) is 1.94. The number of carbonyl (C=O) groups is 1. The smallest absolute Gasteiger partial charge is 0.322 e. The van der Waals surface area contributed by atoms with Crippen LogP contribution in [0.15, 0.2) is 60.8 Å². The molecule has 0 bridgehead atoms. The Hall–Kier alpha value is -2.18. The van der Waals surface area contributed by atoms with E-state index in [9.17, 15) is 4.79 Å². The van der Waals surface area contributed by atoms with Gasteiger partial charge in [0.2, 0.25) is 0 Å². The molecule has 8 heteroatoms. The van der Waals surface area contributed by atoms with Crippen molar-refractivity contribution in [1.29, 1.82) is 0 Å². The van der Waals surface area contributed by atoms with Gasteiger partial charge in [-0.15, -0.1) is 0 Å². The number of carbonyl (C=O) groups excluding carboxylic acids is 1. The number of methoxy groups -OCH3 is 1. The molecule has 3 aromatic rings. The number of halogens is 3. The van der Waals surface area contributed by atoms with Gasteiger partial charge in [-0.05, 0) is 48.0 Å². The molecule has 3 rings (SSSR count). The van der Waals surface area contributed by atoms with Crippen LogP contribution in [-0.4, -0.2) is 35.8 Å². The molecule has 1 heterocycles. The number of aromatic nitrogens is 1. The summed E-state index contributed by atoms with van der Waals surface area (Å²) in [6, 6.07) is 16.4. The Balaban J connectivity index is 1.74. The van der Waals surface area contributed by atoms with Crippen molar-refractivity contribution in [1.82, 2.24) is 9.47 Å². The van der Waals surface area contributed by atoms with Crippen LogP contribution >= 0.6 is 34.8 Å². The Bertz CT molecular complexity index is 1010. The van der Waals surface area contributed by atoms with Crippen LogP contribution in [0.2, 0.25) is 15.1 Å². The highest BCUT2D eigenvalue weighted by Crippen LogP contribution is 2.25. The van der Waals surface area contributed by atoms with E-state index in [1.165, 1.54) is 0 Å². The fourth-order valence-electron chi connectivity index (χ4n) is 3.01. The summed E-state index contributed by atoms with van der Waals surface area (Å²) < 4.78 is 7.28. The number of benzene rings is 2. The van der Waals surface area contributed by atoms with Crippen molar-refractivity contribution in [3.63, 3.8) is 0 Å². The molecule has 30 heavy (non-hydrogen) atoms. The molecule has 0 aliphatic rings. The van der Waals surface area contributed by atoms with Crippen LogP contribution in [0.5, 0.6) is 0 Å². The maximum atomic E-state index is 12.9. The molecule has 1 aromatic heterocycles. The molecule has 5 nitrogen and oxygen atoms in total. The first-order valence-corrected chi connectivity index (χ1v) is 10.5. The highest BCUT2D eigenvalue weighted by atomic mass is 35.5. The average molecular weight is 467 g/mol. The van der Waals surface area contributed by atoms with Gasteiger partial charge in [-0.2, -0.15) is 0 Å². The standard InChI is InChI=1S/C22H22Cl3N3O2/c1-30-11-10-28(22(29)26-18-7-8-20(24)21(25)13-18)15-19-6-3-9-27(19)14-16-4-2-5-17(23)12-16/h2-9,12-13H,10-11,14-15H2,1H3,(H,26,29). The molecule has 0 atom stereocenters. The number of nitrogens with zero attached hydrogens (tertiary/aromatic N) is 2. The number of hydrogen-bond donors (Lipinski definition) is 1. The lowest BCUT2D eigenvalue weighted by molar-refractivity contribution is 0.152. The minimum atomic E-state index is -0.249. The molecule has 0 unspecified atom stereocenters. The van der Waals surface area contributed by atoms with E-state index in [4.69, 9.17) is 39.5 Å². The van der Waals surface area contributed by atoms with Gasteiger partial charge < -0.3 is 19.5 Å². The number of ether oxygens (including phenoxy) is 1. The van der Waals surface area contributed by atoms with Crippen molar-refractivity contribution in [3.05, 3.63) is 87.1 Å². The van der Waals surface area contributed by atoms with Crippen LogP contribution in [0, 0.1) is 0 Å². The third-order valence-corrected chi connectivity index (χ3v) is 5.52. The molecule has 0 aliphatic carbocycles. The topological polar surface area (TPSA) is 46.5 Å². The van der Waals surface area contributed by atoms with Gasteiger partial charge in [0.05, 0.1) is 23.2 Å². The zero-order valence-electron chi connectivity index (χ0n) is 16.4. The minimum Gasteiger partial charge on any atom is -0.383 e. The van der Waals surface area contributed by atoms with Gasteiger partial charge >= 0.3 is 6.03 Å². The van der Waals surface area contributed by atoms with Gasteiger partial charge in [-0.3, -0.25) is 0 Å². The van der Waals surface area contributed by atoms with Gasteiger partial charge in [-0.25, -0.2) is 4.79 Å². The summed E-state index contributed by atoms with van der Waals surface area (Å²) in [6.07, 6.45) is 1.99. The summed E-state index contributed by atoms with van der Waals surface area (Å²) in [5, 5.41) is 4.39. The number of anilines is 1. The van der Waals surface area contributed by atoms with Crippen LogP contribution < -0.4 is 5.32 Å². The lowest BCUT2D eigenvalue weighted by atomic mass is 10.2. The SMILES string of the molecule is COCCN(Cc1cccn1Cc1cccc(Cl)c1)C(=O)Nc1ccc(Cl)c(Cl)c1. The molecule has 2 aromatic carbocycles. The first-order valence-electron chi connectivity index (χ1n) is 9.34. The quantitative estimate of drug-likeness (QED) is 0.431. The van der Waals surface area contributed by atoms with E-state index in [1.54, 1.807) is 30.2 Å². The molecule has 2 amide bonds. The monoisotopic (exact) mass is 465 g/mol. The van der Waals surface area contributed by atoms with Gasteiger partial charge in [0.15, 0.2) is 0 Å². The molecule has 0 saturated carbocycles. The maximum absolute atomic E-state index is 12.9. The second-order valence-corrected chi connectivity index (χ2v) is 7.98. The molecule has 0 spiro atoms. The molecule has 0 fully saturated rings. The largest absolute Gasteiger partial charge is 0.383 e. The van der Waals surface area contributed by atoms with E-state index in [-0.39, 0.29) is 6.03 Å². The molecule has 158 valence electrons. The number of nitrogens with one attached hydrogen (secondary N) is 1. The zero-order valence-corrected chi connectivity index (χ0v) is 18.7. The lowest BCUT2D eigenvalue weighted by Crippen LogP contribution is -2.37. The number of rotatable bonds is 8. The first-order chi connectivity index (χ1) is 14.5. The fourth-order valence-corrected chi connectivity index (χ4v) is 3.52.